The molecular formula is C21H24ClN5O2. The summed E-state index contributed by atoms with van der Waals surface area (Å²) >= 11 is 6.61. The Morgan fingerprint density at radius 1 is 1.17 bits per heavy atom. The number of morpholine rings is 1. The van der Waals surface area contributed by atoms with Crippen molar-refractivity contribution in [1.29, 1.82) is 0 Å². The highest BCUT2D eigenvalue weighted by molar-refractivity contribution is 6.39. The van der Waals surface area contributed by atoms with Gasteiger partial charge in [0.1, 0.15) is 0 Å². The summed E-state index contributed by atoms with van der Waals surface area (Å²) in [6.07, 6.45) is 1.53. The standard InChI is InChI=1S/C21H24ClN5O2/c1-14-3-5-16(6-4-14)24-21(28)17-13-23-20-18(19(17)22)15(2)25-27(20)8-7-26-9-11-29-12-10-26/h3-6,13H,7-12H2,1-2H3,(H,24,28). The highest BCUT2D eigenvalue weighted by Gasteiger charge is 2.20. The van der Waals surface area contributed by atoms with Gasteiger partial charge in [0, 0.05) is 31.5 Å². The van der Waals surface area contributed by atoms with Crippen molar-refractivity contribution in [3.05, 3.63) is 52.3 Å². The molecule has 7 nitrogen and oxygen atoms in total. The minimum Gasteiger partial charge on any atom is -0.379 e. The summed E-state index contributed by atoms with van der Waals surface area (Å²) in [6, 6.07) is 7.62. The van der Waals surface area contributed by atoms with Crippen LogP contribution in [0.3, 0.4) is 0 Å². The molecule has 1 amide bonds. The summed E-state index contributed by atoms with van der Waals surface area (Å²) < 4.78 is 7.26. The minimum atomic E-state index is -0.284. The number of amides is 1. The van der Waals surface area contributed by atoms with Gasteiger partial charge in [0.05, 0.1) is 41.4 Å². The maximum Gasteiger partial charge on any atom is 0.258 e. The Morgan fingerprint density at radius 3 is 2.62 bits per heavy atom. The molecule has 0 radical (unpaired) electrons. The van der Waals surface area contributed by atoms with Crippen LogP contribution in [-0.4, -0.2) is 58.4 Å². The molecule has 152 valence electrons. The highest BCUT2D eigenvalue weighted by Crippen LogP contribution is 2.29. The van der Waals surface area contributed by atoms with Gasteiger partial charge in [0.2, 0.25) is 0 Å². The van der Waals surface area contributed by atoms with Gasteiger partial charge in [-0.3, -0.25) is 9.69 Å². The van der Waals surface area contributed by atoms with Crippen LogP contribution in [0.15, 0.2) is 30.5 Å². The molecule has 1 fully saturated rings. The summed E-state index contributed by atoms with van der Waals surface area (Å²) in [6.45, 7) is 8.86. The number of anilines is 1. The summed E-state index contributed by atoms with van der Waals surface area (Å²) in [5, 5.41) is 8.60. The normalized spacial score (nSPS) is 15.0. The SMILES string of the molecule is Cc1ccc(NC(=O)c2cnc3c(c(C)nn3CCN3CCOCC3)c2Cl)cc1. The number of fused-ring (bicyclic) bond motifs is 1. The first-order valence-corrected chi connectivity index (χ1v) is 10.1. The number of pyridine rings is 1. The van der Waals surface area contributed by atoms with Gasteiger partial charge in [-0.2, -0.15) is 5.10 Å². The second kappa shape index (κ2) is 8.49. The van der Waals surface area contributed by atoms with E-state index < -0.39 is 0 Å². The number of carbonyl (C=O) groups excluding carboxylic acids is 1. The van der Waals surface area contributed by atoms with Gasteiger partial charge in [-0.05, 0) is 26.0 Å². The Balaban J connectivity index is 1.56. The van der Waals surface area contributed by atoms with Gasteiger partial charge < -0.3 is 10.1 Å². The second-order valence-corrected chi connectivity index (χ2v) is 7.65. The first kappa shape index (κ1) is 19.8. The van der Waals surface area contributed by atoms with Crippen molar-refractivity contribution in [3.8, 4) is 0 Å². The van der Waals surface area contributed by atoms with E-state index in [2.05, 4.69) is 20.3 Å². The molecule has 3 heterocycles. The second-order valence-electron chi connectivity index (χ2n) is 7.27. The first-order chi connectivity index (χ1) is 14.0. The molecule has 1 saturated heterocycles. The number of nitrogens with one attached hydrogen (secondary N) is 1. The third-order valence-electron chi connectivity index (χ3n) is 5.16. The van der Waals surface area contributed by atoms with E-state index >= 15 is 0 Å². The fraction of sp³-hybridized carbons (Fsp3) is 0.381. The van der Waals surface area contributed by atoms with Crippen molar-refractivity contribution in [2.24, 2.45) is 0 Å². The quantitative estimate of drug-likeness (QED) is 0.694. The molecule has 2 aromatic heterocycles. The van der Waals surface area contributed by atoms with E-state index in [1.165, 1.54) is 6.20 Å². The van der Waals surface area contributed by atoms with Gasteiger partial charge in [-0.25, -0.2) is 9.67 Å². The Morgan fingerprint density at radius 2 is 1.90 bits per heavy atom. The van der Waals surface area contributed by atoms with Crippen molar-refractivity contribution in [3.63, 3.8) is 0 Å². The van der Waals surface area contributed by atoms with Crippen LogP contribution in [0.2, 0.25) is 5.02 Å². The van der Waals surface area contributed by atoms with Crippen molar-refractivity contribution in [1.82, 2.24) is 19.7 Å². The van der Waals surface area contributed by atoms with Crippen LogP contribution >= 0.6 is 11.6 Å². The monoisotopic (exact) mass is 413 g/mol. The number of benzene rings is 1. The predicted octanol–water partition coefficient (Wildman–Crippen LogP) is 3.29. The Hall–Kier alpha value is -2.48. The van der Waals surface area contributed by atoms with Crippen LogP contribution in [0.5, 0.6) is 0 Å². The molecule has 0 saturated carbocycles. The Labute approximate surface area is 174 Å². The van der Waals surface area contributed by atoms with Crippen LogP contribution in [0.25, 0.3) is 11.0 Å². The molecule has 1 aromatic carbocycles. The average Bonchev–Trinajstić information content (AvgIpc) is 3.05. The lowest BCUT2D eigenvalue weighted by atomic mass is 10.2. The highest BCUT2D eigenvalue weighted by atomic mass is 35.5. The van der Waals surface area contributed by atoms with E-state index in [-0.39, 0.29) is 5.91 Å². The van der Waals surface area contributed by atoms with Crippen LogP contribution in [0.4, 0.5) is 5.69 Å². The van der Waals surface area contributed by atoms with E-state index in [4.69, 9.17) is 16.3 Å². The van der Waals surface area contributed by atoms with Crippen LogP contribution in [0, 0.1) is 13.8 Å². The van der Waals surface area contributed by atoms with Gasteiger partial charge >= 0.3 is 0 Å². The zero-order valence-corrected chi connectivity index (χ0v) is 17.4. The molecule has 0 spiro atoms. The fourth-order valence-corrected chi connectivity index (χ4v) is 3.84. The van der Waals surface area contributed by atoms with Crippen LogP contribution in [-0.2, 0) is 11.3 Å². The molecular weight excluding hydrogens is 390 g/mol. The largest absolute Gasteiger partial charge is 0.379 e. The summed E-state index contributed by atoms with van der Waals surface area (Å²) in [5.41, 5.74) is 3.66. The van der Waals surface area contributed by atoms with Gasteiger partial charge in [0.15, 0.2) is 5.65 Å². The van der Waals surface area contributed by atoms with E-state index in [1.54, 1.807) is 0 Å². The third-order valence-corrected chi connectivity index (χ3v) is 5.55. The molecule has 0 aliphatic carbocycles. The summed E-state index contributed by atoms with van der Waals surface area (Å²) in [4.78, 5) is 19.6. The maximum atomic E-state index is 12.7. The average molecular weight is 414 g/mol. The van der Waals surface area contributed by atoms with E-state index in [9.17, 15) is 4.79 Å². The minimum absolute atomic E-state index is 0.284. The third kappa shape index (κ3) is 4.27. The van der Waals surface area contributed by atoms with Crippen LogP contribution in [0.1, 0.15) is 21.6 Å². The number of hydrogen-bond donors (Lipinski definition) is 1. The molecule has 1 aliphatic heterocycles. The molecule has 0 atom stereocenters. The molecule has 0 bridgehead atoms. The zero-order valence-electron chi connectivity index (χ0n) is 16.6. The summed E-state index contributed by atoms with van der Waals surface area (Å²) in [5.74, 6) is -0.284. The fourth-order valence-electron chi connectivity index (χ4n) is 3.48. The summed E-state index contributed by atoms with van der Waals surface area (Å²) in [7, 11) is 0. The molecule has 8 heteroatoms. The predicted molar refractivity (Wildman–Crippen MR) is 114 cm³/mol. The van der Waals surface area contributed by atoms with Crippen molar-refractivity contribution < 1.29 is 9.53 Å². The number of nitrogens with zero attached hydrogens (tertiary/aromatic N) is 4. The van der Waals surface area contributed by atoms with Crippen molar-refractivity contribution in [2.45, 2.75) is 20.4 Å². The van der Waals surface area contributed by atoms with E-state index in [0.717, 1.165) is 55.2 Å². The number of aromatic nitrogens is 3. The maximum absolute atomic E-state index is 12.7. The Kier molecular flexibility index (Phi) is 5.80. The lowest BCUT2D eigenvalue weighted by Gasteiger charge is -2.26. The number of rotatable bonds is 5. The Bertz CT molecular complexity index is 1030. The first-order valence-electron chi connectivity index (χ1n) is 9.72. The number of hydrogen-bond acceptors (Lipinski definition) is 5. The van der Waals surface area contributed by atoms with Crippen molar-refractivity contribution in [2.75, 3.05) is 38.2 Å². The molecule has 3 aromatic rings. The number of carbonyl (C=O) groups is 1. The lowest BCUT2D eigenvalue weighted by molar-refractivity contribution is 0.0361. The number of halogens is 1. The molecule has 1 N–H and O–H groups in total. The van der Waals surface area contributed by atoms with Crippen molar-refractivity contribution >= 4 is 34.2 Å². The van der Waals surface area contributed by atoms with Crippen LogP contribution < -0.4 is 5.32 Å². The van der Waals surface area contributed by atoms with E-state index in [0.29, 0.717) is 22.8 Å². The number of aryl methyl sites for hydroxylation is 2. The van der Waals surface area contributed by atoms with E-state index in [1.807, 2.05) is 42.8 Å². The van der Waals surface area contributed by atoms with Gasteiger partial charge in [-0.1, -0.05) is 29.3 Å². The molecule has 29 heavy (non-hydrogen) atoms. The zero-order chi connectivity index (χ0) is 20.4. The van der Waals surface area contributed by atoms with Gasteiger partial charge in [-0.15, -0.1) is 0 Å². The smallest absolute Gasteiger partial charge is 0.258 e. The van der Waals surface area contributed by atoms with Gasteiger partial charge in [0.25, 0.3) is 5.91 Å². The topological polar surface area (TPSA) is 72.3 Å². The molecule has 4 rings (SSSR count). The number of ether oxygens (including phenoxy) is 1. The molecule has 0 unspecified atom stereocenters. The lowest BCUT2D eigenvalue weighted by Crippen LogP contribution is -2.38. The molecule has 1 aliphatic rings.